The molecule has 0 spiro atoms. The lowest BCUT2D eigenvalue weighted by Gasteiger charge is -2.29. The van der Waals surface area contributed by atoms with Crippen LogP contribution in [0, 0.1) is 0 Å². The topological polar surface area (TPSA) is 96.3 Å². The smallest absolute Gasteiger partial charge is 0.446 e. The van der Waals surface area contributed by atoms with Gasteiger partial charge in [-0.3, -0.25) is 9.45 Å². The predicted octanol–water partition coefficient (Wildman–Crippen LogP) is 0.849. The summed E-state index contributed by atoms with van der Waals surface area (Å²) in [6.07, 6.45) is 1.47. The molecule has 0 saturated heterocycles. The van der Waals surface area contributed by atoms with E-state index in [0.717, 1.165) is 16.7 Å². The van der Waals surface area contributed by atoms with Crippen molar-refractivity contribution in [2.45, 2.75) is 31.1 Å². The largest absolute Gasteiger partial charge is 0.485 e. The fraction of sp³-hybridized carbons (Fsp3) is 0.467. The highest BCUT2D eigenvalue weighted by atomic mass is 32.3. The molecule has 0 aromatic heterocycles. The molecule has 1 aliphatic carbocycles. The van der Waals surface area contributed by atoms with E-state index in [4.69, 9.17) is 9.29 Å². The normalized spacial score (nSPS) is 29.3. The van der Waals surface area contributed by atoms with Crippen molar-refractivity contribution in [3.63, 3.8) is 0 Å². The van der Waals surface area contributed by atoms with Gasteiger partial charge in [-0.05, 0) is 24.3 Å². The van der Waals surface area contributed by atoms with E-state index >= 15 is 0 Å². The summed E-state index contributed by atoms with van der Waals surface area (Å²) < 4.78 is 41.7. The molecule has 3 unspecified atom stereocenters. The van der Waals surface area contributed by atoms with Crippen molar-refractivity contribution in [3.05, 3.63) is 34.9 Å². The average Bonchev–Trinajstić information content (AvgIpc) is 2.72. The van der Waals surface area contributed by atoms with E-state index in [2.05, 4.69) is 9.08 Å². The first-order valence-electron chi connectivity index (χ1n) is 7.38. The van der Waals surface area contributed by atoms with Gasteiger partial charge in [0.25, 0.3) is 0 Å². The number of benzene rings is 1. The number of aliphatic hydroxyl groups is 1. The zero-order chi connectivity index (χ0) is 16.4. The minimum Gasteiger partial charge on any atom is -0.485 e. The summed E-state index contributed by atoms with van der Waals surface area (Å²) in [4.78, 5) is 2.14. The summed E-state index contributed by atoms with van der Waals surface area (Å²) in [5, 5.41) is 10.0. The minimum atomic E-state index is -4.62. The van der Waals surface area contributed by atoms with Crippen molar-refractivity contribution < 1.29 is 27.0 Å². The first kappa shape index (κ1) is 14.9. The maximum absolute atomic E-state index is 11.1. The van der Waals surface area contributed by atoms with Crippen molar-refractivity contribution in [1.82, 2.24) is 4.90 Å². The van der Waals surface area contributed by atoms with E-state index in [1.807, 2.05) is 13.1 Å². The summed E-state index contributed by atoms with van der Waals surface area (Å²) in [6.45, 7) is 1.40. The first-order valence-corrected chi connectivity index (χ1v) is 8.75. The molecule has 1 aromatic rings. The highest BCUT2D eigenvalue weighted by Gasteiger charge is 2.45. The lowest BCUT2D eigenvalue weighted by Crippen LogP contribution is -2.32. The number of hydrogen-bond donors (Lipinski definition) is 2. The monoisotopic (exact) mass is 339 g/mol. The molecule has 2 N–H and O–H groups in total. The van der Waals surface area contributed by atoms with Crippen molar-refractivity contribution in [1.29, 1.82) is 0 Å². The summed E-state index contributed by atoms with van der Waals surface area (Å²) in [6, 6.07) is 3.30. The van der Waals surface area contributed by atoms with Gasteiger partial charge in [0.1, 0.15) is 6.10 Å². The molecule has 2 aliphatic heterocycles. The molecule has 3 atom stereocenters. The van der Waals surface area contributed by atoms with Crippen molar-refractivity contribution in [2.24, 2.45) is 0 Å². The Morgan fingerprint density at radius 3 is 2.87 bits per heavy atom. The number of likely N-dealkylation sites (N-methyl/N-ethyl adjacent to an activating group) is 1. The molecule has 0 bridgehead atoms. The van der Waals surface area contributed by atoms with Crippen molar-refractivity contribution in [2.75, 3.05) is 13.6 Å². The molecule has 4 rings (SSSR count). The molecule has 0 radical (unpaired) electrons. The number of hydrogen-bond acceptors (Lipinski definition) is 6. The van der Waals surface area contributed by atoms with Crippen molar-refractivity contribution >= 4 is 10.4 Å². The fourth-order valence-corrected chi connectivity index (χ4v) is 4.24. The van der Waals surface area contributed by atoms with E-state index in [1.165, 1.54) is 6.07 Å². The van der Waals surface area contributed by atoms with Gasteiger partial charge in [0.15, 0.2) is 11.5 Å². The van der Waals surface area contributed by atoms with Gasteiger partial charge in [0, 0.05) is 31.0 Å². The van der Waals surface area contributed by atoms with Crippen LogP contribution in [0.5, 0.6) is 11.5 Å². The maximum Gasteiger partial charge on any atom is 0.446 e. The fourth-order valence-electron chi connectivity index (χ4n) is 3.88. The Hall–Kier alpha value is -1.61. The van der Waals surface area contributed by atoms with Crippen LogP contribution in [0.3, 0.4) is 0 Å². The van der Waals surface area contributed by atoms with Crippen LogP contribution in [0.1, 0.15) is 23.5 Å². The Bertz CT molecular complexity index is 802. The van der Waals surface area contributed by atoms with Crippen LogP contribution in [0.2, 0.25) is 0 Å². The molecule has 124 valence electrons. The average molecular weight is 339 g/mol. The van der Waals surface area contributed by atoms with Gasteiger partial charge in [-0.15, -0.1) is 0 Å². The molecule has 23 heavy (non-hydrogen) atoms. The molecule has 0 amide bonds. The van der Waals surface area contributed by atoms with Crippen LogP contribution >= 0.6 is 0 Å². The molecular weight excluding hydrogens is 322 g/mol. The molecule has 1 aromatic carbocycles. The summed E-state index contributed by atoms with van der Waals surface area (Å²) in [7, 11) is -2.63. The second-order valence-corrected chi connectivity index (χ2v) is 7.35. The lowest BCUT2D eigenvalue weighted by atomic mass is 9.80. The highest BCUT2D eigenvalue weighted by Crippen LogP contribution is 2.53. The van der Waals surface area contributed by atoms with E-state index in [9.17, 15) is 13.5 Å². The second-order valence-electron chi connectivity index (χ2n) is 6.33. The van der Waals surface area contributed by atoms with Gasteiger partial charge in [-0.1, -0.05) is 12.1 Å². The third-order valence-electron chi connectivity index (χ3n) is 4.57. The van der Waals surface area contributed by atoms with Gasteiger partial charge < -0.3 is 14.0 Å². The van der Waals surface area contributed by atoms with Crippen LogP contribution in [0.15, 0.2) is 23.8 Å². The molecule has 0 fully saturated rings. The predicted molar refractivity (Wildman–Crippen MR) is 80.8 cm³/mol. The third kappa shape index (κ3) is 2.51. The van der Waals surface area contributed by atoms with E-state index in [1.54, 1.807) is 6.07 Å². The molecule has 2 heterocycles. The van der Waals surface area contributed by atoms with Crippen molar-refractivity contribution in [3.8, 4) is 11.5 Å². The minimum absolute atomic E-state index is 0.0148. The summed E-state index contributed by atoms with van der Waals surface area (Å²) in [5.74, 6) is 0.322. The number of aliphatic hydroxyl groups excluding tert-OH is 1. The van der Waals surface area contributed by atoms with Gasteiger partial charge in [0.05, 0.1) is 6.10 Å². The molecule has 0 saturated carbocycles. The van der Waals surface area contributed by atoms with E-state index < -0.39 is 16.5 Å². The zero-order valence-corrected chi connectivity index (χ0v) is 13.3. The summed E-state index contributed by atoms with van der Waals surface area (Å²) >= 11 is 0. The van der Waals surface area contributed by atoms with Crippen LogP contribution in [0.25, 0.3) is 0 Å². The standard InChI is InChI=1S/C15H17NO6S/c1-16-6-8-2-3-11(22-23(18,19)20)15-14(8)13-9(7-16)4-10(17)5-12(13)21-15/h2-4,10,12-13,17H,5-7H2,1H3,(H,18,19,20). The van der Waals surface area contributed by atoms with Gasteiger partial charge in [-0.25, -0.2) is 0 Å². The van der Waals surface area contributed by atoms with Crippen LogP contribution in [0.4, 0.5) is 0 Å². The first-order chi connectivity index (χ1) is 10.8. The van der Waals surface area contributed by atoms with Gasteiger partial charge in [0.2, 0.25) is 0 Å². The quantitative estimate of drug-likeness (QED) is 0.609. The Balaban J connectivity index is 1.89. The third-order valence-corrected chi connectivity index (χ3v) is 4.96. The Labute approximate surface area is 134 Å². The highest BCUT2D eigenvalue weighted by molar-refractivity contribution is 7.81. The maximum atomic E-state index is 11.1. The lowest BCUT2D eigenvalue weighted by molar-refractivity contribution is 0.112. The number of nitrogens with zero attached hydrogens (tertiary/aromatic N) is 1. The Kier molecular flexibility index (Phi) is 3.21. The Morgan fingerprint density at radius 1 is 1.35 bits per heavy atom. The molecule has 3 aliphatic rings. The van der Waals surface area contributed by atoms with E-state index in [0.29, 0.717) is 25.3 Å². The Morgan fingerprint density at radius 2 is 2.13 bits per heavy atom. The molecule has 8 heteroatoms. The van der Waals surface area contributed by atoms with Gasteiger partial charge >= 0.3 is 10.4 Å². The van der Waals surface area contributed by atoms with E-state index in [-0.39, 0.29) is 17.8 Å². The SMILES string of the molecule is CN1CC2=CC(O)CC3Oc4c(OS(=O)(=O)O)ccc(c4C23)C1. The van der Waals surface area contributed by atoms with Crippen LogP contribution in [-0.2, 0) is 16.9 Å². The zero-order valence-electron chi connectivity index (χ0n) is 12.5. The second kappa shape index (κ2) is 4.94. The van der Waals surface area contributed by atoms with Crippen LogP contribution in [-0.4, -0.2) is 48.8 Å². The van der Waals surface area contributed by atoms with Gasteiger partial charge in [-0.2, -0.15) is 8.42 Å². The number of rotatable bonds is 2. The van der Waals surface area contributed by atoms with Crippen LogP contribution < -0.4 is 8.92 Å². The molecular formula is C15H17NO6S. The molecule has 7 nitrogen and oxygen atoms in total. The number of ether oxygens (including phenoxy) is 1. The summed E-state index contributed by atoms with van der Waals surface area (Å²) in [5.41, 5.74) is 3.01.